The number of nitrogens with one attached hydrogen (secondary N) is 1. The van der Waals surface area contributed by atoms with Gasteiger partial charge in [-0.1, -0.05) is 40.5 Å². The molecule has 1 aliphatic rings. The van der Waals surface area contributed by atoms with Crippen LogP contribution in [0.2, 0.25) is 0 Å². The van der Waals surface area contributed by atoms with Gasteiger partial charge in [-0.25, -0.2) is 4.98 Å². The summed E-state index contributed by atoms with van der Waals surface area (Å²) in [5.74, 6) is 0.106. The molecule has 1 saturated carbocycles. The molecule has 1 N–H and O–H groups in total. The number of benzene rings is 1. The quantitative estimate of drug-likeness (QED) is 0.718. The molecule has 5 heteroatoms. The lowest BCUT2D eigenvalue weighted by atomic mass is 9.64. The third kappa shape index (κ3) is 2.86. The van der Waals surface area contributed by atoms with Crippen molar-refractivity contribution in [2.45, 2.75) is 38.1 Å². The van der Waals surface area contributed by atoms with Crippen molar-refractivity contribution in [1.29, 1.82) is 0 Å². The Morgan fingerprint density at radius 2 is 2.04 bits per heavy atom. The smallest absolute Gasteiger partial charge is 0.230 e. The fourth-order valence-electron chi connectivity index (χ4n) is 3.58. The van der Waals surface area contributed by atoms with Crippen molar-refractivity contribution in [3.63, 3.8) is 0 Å². The minimum atomic E-state index is -0.379. The van der Waals surface area contributed by atoms with E-state index < -0.39 is 0 Å². The van der Waals surface area contributed by atoms with Crippen LogP contribution >= 0.6 is 15.9 Å². The van der Waals surface area contributed by atoms with Gasteiger partial charge in [0.15, 0.2) is 0 Å². The molecule has 1 fully saturated rings. The average Bonchev–Trinajstić information content (AvgIpc) is 2.98. The first-order valence-electron chi connectivity index (χ1n) is 8.56. The molecule has 1 aliphatic carbocycles. The van der Waals surface area contributed by atoms with Gasteiger partial charge in [0.25, 0.3) is 0 Å². The molecular weight excluding hydrogens is 378 g/mol. The van der Waals surface area contributed by atoms with Crippen LogP contribution in [0, 0.1) is 6.92 Å². The van der Waals surface area contributed by atoms with Gasteiger partial charge < -0.3 is 9.72 Å². The molecule has 25 heavy (non-hydrogen) atoms. The first kappa shape index (κ1) is 16.3. The van der Waals surface area contributed by atoms with Crippen LogP contribution in [0.3, 0.4) is 0 Å². The third-order valence-electron chi connectivity index (χ3n) is 5.20. The van der Waals surface area contributed by atoms with E-state index in [4.69, 9.17) is 0 Å². The number of carbonyl (C=O) groups is 1. The molecule has 4 nitrogen and oxygen atoms in total. The second kappa shape index (κ2) is 6.30. The van der Waals surface area contributed by atoms with E-state index in [1.54, 1.807) is 0 Å². The molecule has 0 aliphatic heterocycles. The largest absolute Gasteiger partial charge is 0.350 e. The van der Waals surface area contributed by atoms with Crippen LogP contribution in [-0.2, 0) is 16.8 Å². The van der Waals surface area contributed by atoms with Crippen molar-refractivity contribution in [3.05, 3.63) is 70.1 Å². The van der Waals surface area contributed by atoms with Crippen molar-refractivity contribution in [2.24, 2.45) is 0 Å². The lowest BCUT2D eigenvalue weighted by Crippen LogP contribution is -2.49. The van der Waals surface area contributed by atoms with Crippen molar-refractivity contribution in [3.8, 4) is 0 Å². The Bertz CT molecular complexity index is 926. The van der Waals surface area contributed by atoms with Gasteiger partial charge in [0, 0.05) is 16.9 Å². The van der Waals surface area contributed by atoms with E-state index in [2.05, 4.69) is 38.4 Å². The fraction of sp³-hybridized carbons (Fsp3) is 0.300. The van der Waals surface area contributed by atoms with Crippen LogP contribution in [0.15, 0.2) is 53.3 Å². The highest BCUT2D eigenvalue weighted by Gasteiger charge is 2.45. The van der Waals surface area contributed by atoms with E-state index in [0.29, 0.717) is 6.54 Å². The van der Waals surface area contributed by atoms with Gasteiger partial charge >= 0.3 is 0 Å². The maximum absolute atomic E-state index is 12.9. The summed E-state index contributed by atoms with van der Waals surface area (Å²) in [6, 6.07) is 12.2. The van der Waals surface area contributed by atoms with E-state index in [1.807, 2.05) is 48.0 Å². The summed E-state index contributed by atoms with van der Waals surface area (Å²) < 4.78 is 3.04. The number of rotatable bonds is 4. The zero-order chi connectivity index (χ0) is 17.4. The summed E-state index contributed by atoms with van der Waals surface area (Å²) >= 11 is 3.46. The summed E-state index contributed by atoms with van der Waals surface area (Å²) in [6.45, 7) is 2.50. The molecule has 0 saturated heterocycles. The standard InChI is InChI=1S/C20H20BrN3O/c1-14-4-2-11-24-13-17(23-18(14)24)12-22-19(25)20(9-3-10-20)15-5-7-16(21)8-6-15/h2,4-8,11,13H,3,9-10,12H2,1H3,(H,22,25). The zero-order valence-electron chi connectivity index (χ0n) is 14.1. The number of fused-ring (bicyclic) bond motifs is 1. The van der Waals surface area contributed by atoms with Crippen LogP contribution in [0.4, 0.5) is 0 Å². The molecule has 0 atom stereocenters. The summed E-state index contributed by atoms with van der Waals surface area (Å²) in [6.07, 6.45) is 6.87. The summed E-state index contributed by atoms with van der Waals surface area (Å²) in [4.78, 5) is 17.6. The number of pyridine rings is 1. The molecule has 1 amide bonds. The predicted molar refractivity (Wildman–Crippen MR) is 101 cm³/mol. The topological polar surface area (TPSA) is 46.4 Å². The predicted octanol–water partition coefficient (Wildman–Crippen LogP) is 4.14. The molecular formula is C20H20BrN3O. The van der Waals surface area contributed by atoms with E-state index in [1.165, 1.54) is 0 Å². The van der Waals surface area contributed by atoms with Gasteiger partial charge in [-0.15, -0.1) is 0 Å². The molecule has 3 aromatic rings. The number of halogens is 1. The highest BCUT2D eigenvalue weighted by molar-refractivity contribution is 9.10. The molecule has 128 valence electrons. The molecule has 2 aromatic heterocycles. The number of aryl methyl sites for hydroxylation is 1. The van der Waals surface area contributed by atoms with E-state index in [9.17, 15) is 4.79 Å². The monoisotopic (exact) mass is 397 g/mol. The normalized spacial score (nSPS) is 15.8. The second-order valence-electron chi connectivity index (χ2n) is 6.78. The van der Waals surface area contributed by atoms with Gasteiger partial charge in [0.2, 0.25) is 5.91 Å². The number of nitrogens with zero attached hydrogens (tertiary/aromatic N) is 2. The third-order valence-corrected chi connectivity index (χ3v) is 5.73. The maximum atomic E-state index is 12.9. The Balaban J connectivity index is 1.52. The fourth-order valence-corrected chi connectivity index (χ4v) is 3.84. The number of aromatic nitrogens is 2. The van der Waals surface area contributed by atoms with Gasteiger partial charge in [-0.05, 0) is 49.1 Å². The van der Waals surface area contributed by atoms with Crippen molar-refractivity contribution in [2.75, 3.05) is 0 Å². The minimum Gasteiger partial charge on any atom is -0.350 e. The molecule has 0 radical (unpaired) electrons. The lowest BCUT2D eigenvalue weighted by molar-refractivity contribution is -0.130. The SMILES string of the molecule is Cc1cccn2cc(CNC(=O)C3(c4ccc(Br)cc4)CCC3)nc12. The van der Waals surface area contributed by atoms with Gasteiger partial charge in [-0.2, -0.15) is 0 Å². The van der Waals surface area contributed by atoms with Gasteiger partial charge in [0.1, 0.15) is 5.65 Å². The Hall–Kier alpha value is -2.14. The molecule has 0 bridgehead atoms. The summed E-state index contributed by atoms with van der Waals surface area (Å²) in [5, 5.41) is 3.11. The lowest BCUT2D eigenvalue weighted by Gasteiger charge is -2.40. The Kier molecular flexibility index (Phi) is 4.12. The maximum Gasteiger partial charge on any atom is 0.230 e. The van der Waals surface area contributed by atoms with Crippen molar-refractivity contribution >= 4 is 27.5 Å². The minimum absolute atomic E-state index is 0.106. The Morgan fingerprint density at radius 3 is 2.68 bits per heavy atom. The van der Waals surface area contributed by atoms with E-state index in [0.717, 1.165) is 46.2 Å². The molecule has 0 unspecified atom stereocenters. The highest BCUT2D eigenvalue weighted by Crippen LogP contribution is 2.44. The average molecular weight is 398 g/mol. The second-order valence-corrected chi connectivity index (χ2v) is 7.70. The first-order chi connectivity index (χ1) is 12.1. The molecule has 2 heterocycles. The Labute approximate surface area is 155 Å². The number of hydrogen-bond acceptors (Lipinski definition) is 2. The molecule has 1 aromatic carbocycles. The summed E-state index contributed by atoms with van der Waals surface area (Å²) in [5.41, 5.74) is 3.68. The Morgan fingerprint density at radius 1 is 1.28 bits per heavy atom. The number of amides is 1. The number of hydrogen-bond donors (Lipinski definition) is 1. The number of imidazole rings is 1. The van der Waals surface area contributed by atoms with Crippen molar-refractivity contribution in [1.82, 2.24) is 14.7 Å². The zero-order valence-corrected chi connectivity index (χ0v) is 15.7. The van der Waals surface area contributed by atoms with Gasteiger partial charge in [0.05, 0.1) is 17.7 Å². The summed E-state index contributed by atoms with van der Waals surface area (Å²) in [7, 11) is 0. The van der Waals surface area contributed by atoms with Crippen LogP contribution in [-0.4, -0.2) is 15.3 Å². The van der Waals surface area contributed by atoms with Gasteiger partial charge in [-0.3, -0.25) is 4.79 Å². The van der Waals surface area contributed by atoms with E-state index >= 15 is 0 Å². The van der Waals surface area contributed by atoms with Crippen LogP contribution in [0.1, 0.15) is 36.1 Å². The van der Waals surface area contributed by atoms with E-state index in [-0.39, 0.29) is 11.3 Å². The van der Waals surface area contributed by atoms with Crippen molar-refractivity contribution < 1.29 is 4.79 Å². The van der Waals surface area contributed by atoms with Crippen LogP contribution in [0.5, 0.6) is 0 Å². The molecule has 0 spiro atoms. The number of carbonyl (C=O) groups excluding carboxylic acids is 1. The highest BCUT2D eigenvalue weighted by atomic mass is 79.9. The first-order valence-corrected chi connectivity index (χ1v) is 9.35. The molecule has 4 rings (SSSR count). The van der Waals surface area contributed by atoms with Crippen LogP contribution in [0.25, 0.3) is 5.65 Å². The van der Waals surface area contributed by atoms with Crippen LogP contribution < -0.4 is 5.32 Å².